The zero-order chi connectivity index (χ0) is 12.4. The van der Waals surface area contributed by atoms with Crippen molar-refractivity contribution in [2.24, 2.45) is 5.92 Å². The highest BCUT2D eigenvalue weighted by Gasteiger charge is 2.29. The summed E-state index contributed by atoms with van der Waals surface area (Å²) < 4.78 is 0. The first-order chi connectivity index (χ1) is 8.13. The van der Waals surface area contributed by atoms with Crippen molar-refractivity contribution in [3.05, 3.63) is 11.8 Å². The fraction of sp³-hybridized carbons (Fsp3) is 0.692. The van der Waals surface area contributed by atoms with E-state index in [1.54, 1.807) is 0 Å². The minimum absolute atomic E-state index is 0.619. The van der Waals surface area contributed by atoms with Crippen LogP contribution in [0.15, 0.2) is 6.20 Å². The summed E-state index contributed by atoms with van der Waals surface area (Å²) in [5.74, 6) is 2.48. The second-order valence-electron chi connectivity index (χ2n) is 5.10. The van der Waals surface area contributed by atoms with E-state index < -0.39 is 0 Å². The Morgan fingerprint density at radius 1 is 1.47 bits per heavy atom. The lowest BCUT2D eigenvalue weighted by Gasteiger charge is -2.29. The monoisotopic (exact) mass is 234 g/mol. The van der Waals surface area contributed by atoms with E-state index in [0.29, 0.717) is 17.9 Å². The Hall–Kier alpha value is -1.32. The van der Waals surface area contributed by atoms with Crippen LogP contribution in [0, 0.1) is 12.8 Å². The van der Waals surface area contributed by atoms with E-state index in [-0.39, 0.29) is 0 Å². The predicted molar refractivity (Wildman–Crippen MR) is 71.5 cm³/mol. The molecule has 1 aromatic heterocycles. The number of aryl methyl sites for hydroxylation is 1. The molecule has 0 bridgehead atoms. The Morgan fingerprint density at radius 3 is 2.88 bits per heavy atom. The molecule has 1 N–H and O–H groups in total. The number of hydrogen-bond donors (Lipinski definition) is 1. The Morgan fingerprint density at radius 2 is 2.24 bits per heavy atom. The van der Waals surface area contributed by atoms with Gasteiger partial charge in [-0.2, -0.15) is 4.98 Å². The van der Waals surface area contributed by atoms with E-state index in [0.717, 1.165) is 17.9 Å². The molecule has 94 valence electrons. The van der Waals surface area contributed by atoms with Crippen molar-refractivity contribution in [2.45, 2.75) is 39.7 Å². The van der Waals surface area contributed by atoms with Crippen LogP contribution in [-0.4, -0.2) is 29.6 Å². The van der Waals surface area contributed by atoms with E-state index >= 15 is 0 Å². The highest BCUT2D eigenvalue weighted by Crippen LogP contribution is 2.30. The maximum Gasteiger partial charge on any atom is 0.224 e. The summed E-state index contributed by atoms with van der Waals surface area (Å²) in [7, 11) is 1.86. The molecule has 0 saturated carbocycles. The van der Waals surface area contributed by atoms with Gasteiger partial charge in [-0.05, 0) is 25.7 Å². The average molecular weight is 234 g/mol. The Kier molecular flexibility index (Phi) is 3.50. The Balaban J connectivity index is 2.32. The molecule has 1 aliphatic rings. The zero-order valence-electron chi connectivity index (χ0n) is 11.2. The molecule has 4 heteroatoms. The Bertz CT molecular complexity index is 389. The molecule has 0 radical (unpaired) electrons. The molecule has 1 aliphatic heterocycles. The van der Waals surface area contributed by atoms with Crippen molar-refractivity contribution < 1.29 is 0 Å². The van der Waals surface area contributed by atoms with Gasteiger partial charge in [-0.25, -0.2) is 4.98 Å². The van der Waals surface area contributed by atoms with Crippen LogP contribution >= 0.6 is 0 Å². The molecule has 0 spiro atoms. The first-order valence-electron chi connectivity index (χ1n) is 6.41. The molecule has 17 heavy (non-hydrogen) atoms. The molecule has 2 rings (SSSR count). The number of aromatic nitrogens is 2. The third-order valence-electron chi connectivity index (χ3n) is 3.51. The zero-order valence-corrected chi connectivity index (χ0v) is 11.2. The fourth-order valence-electron chi connectivity index (χ4n) is 2.59. The summed E-state index contributed by atoms with van der Waals surface area (Å²) in [6, 6.07) is 0.619. The lowest BCUT2D eigenvalue weighted by atomic mass is 10.0. The largest absolute Gasteiger partial charge is 0.357 e. The Labute approximate surface area is 103 Å². The second kappa shape index (κ2) is 4.90. The third-order valence-corrected chi connectivity index (χ3v) is 3.51. The highest BCUT2D eigenvalue weighted by atomic mass is 15.3. The van der Waals surface area contributed by atoms with Crippen LogP contribution in [0.3, 0.4) is 0 Å². The molecule has 2 heterocycles. The number of hydrogen-bond acceptors (Lipinski definition) is 4. The summed E-state index contributed by atoms with van der Waals surface area (Å²) in [6.07, 6.45) is 4.45. The first-order valence-corrected chi connectivity index (χ1v) is 6.41. The quantitative estimate of drug-likeness (QED) is 0.872. The van der Waals surface area contributed by atoms with Gasteiger partial charge >= 0.3 is 0 Å². The van der Waals surface area contributed by atoms with Gasteiger partial charge < -0.3 is 10.2 Å². The number of nitrogens with one attached hydrogen (secondary N) is 1. The highest BCUT2D eigenvalue weighted by molar-refractivity contribution is 5.50. The van der Waals surface area contributed by atoms with Gasteiger partial charge in [-0.15, -0.1) is 0 Å². The van der Waals surface area contributed by atoms with E-state index in [4.69, 9.17) is 0 Å². The topological polar surface area (TPSA) is 41.1 Å². The average Bonchev–Trinajstić information content (AvgIpc) is 2.78. The van der Waals surface area contributed by atoms with Crippen LogP contribution in [-0.2, 0) is 0 Å². The molecular formula is C13H22N4. The van der Waals surface area contributed by atoms with Crippen LogP contribution in [0.25, 0.3) is 0 Å². The summed E-state index contributed by atoms with van der Waals surface area (Å²) in [5, 5.41) is 3.01. The van der Waals surface area contributed by atoms with Gasteiger partial charge in [0.25, 0.3) is 0 Å². The van der Waals surface area contributed by atoms with Gasteiger partial charge in [0.1, 0.15) is 5.82 Å². The van der Waals surface area contributed by atoms with E-state index in [1.807, 2.05) is 13.2 Å². The van der Waals surface area contributed by atoms with E-state index in [9.17, 15) is 0 Å². The molecule has 0 amide bonds. The van der Waals surface area contributed by atoms with Crippen molar-refractivity contribution in [1.82, 2.24) is 9.97 Å². The van der Waals surface area contributed by atoms with Crippen LogP contribution in [0.4, 0.5) is 11.8 Å². The lowest BCUT2D eigenvalue weighted by molar-refractivity contribution is 0.489. The molecule has 1 atom stereocenters. The minimum atomic E-state index is 0.619. The number of anilines is 2. The van der Waals surface area contributed by atoms with Crippen molar-refractivity contribution in [3.63, 3.8) is 0 Å². The van der Waals surface area contributed by atoms with E-state index in [1.165, 1.54) is 12.8 Å². The van der Waals surface area contributed by atoms with E-state index in [2.05, 4.69) is 41.0 Å². The minimum Gasteiger partial charge on any atom is -0.357 e. The van der Waals surface area contributed by atoms with Crippen molar-refractivity contribution >= 4 is 11.8 Å². The molecule has 1 unspecified atom stereocenters. The summed E-state index contributed by atoms with van der Waals surface area (Å²) in [6.45, 7) is 7.78. The van der Waals surface area contributed by atoms with Crippen LogP contribution in [0.1, 0.15) is 32.3 Å². The smallest absolute Gasteiger partial charge is 0.224 e. The molecule has 0 aliphatic carbocycles. The first kappa shape index (κ1) is 12.1. The van der Waals surface area contributed by atoms with Gasteiger partial charge in [0.2, 0.25) is 5.95 Å². The molecule has 0 aromatic carbocycles. The van der Waals surface area contributed by atoms with Gasteiger partial charge in [0, 0.05) is 31.4 Å². The summed E-state index contributed by atoms with van der Waals surface area (Å²) in [4.78, 5) is 11.3. The van der Waals surface area contributed by atoms with Gasteiger partial charge in [0.15, 0.2) is 0 Å². The van der Waals surface area contributed by atoms with Gasteiger partial charge in [-0.3, -0.25) is 0 Å². The van der Waals surface area contributed by atoms with Crippen LogP contribution < -0.4 is 10.2 Å². The summed E-state index contributed by atoms with van der Waals surface area (Å²) in [5.41, 5.74) is 1.16. The maximum atomic E-state index is 4.61. The van der Waals surface area contributed by atoms with Crippen molar-refractivity contribution in [1.29, 1.82) is 0 Å². The van der Waals surface area contributed by atoms with Crippen molar-refractivity contribution in [3.8, 4) is 0 Å². The van der Waals surface area contributed by atoms with Crippen LogP contribution in [0.2, 0.25) is 0 Å². The van der Waals surface area contributed by atoms with Gasteiger partial charge in [-0.1, -0.05) is 13.8 Å². The molecule has 1 saturated heterocycles. The normalized spacial score (nSPS) is 20.1. The molecule has 1 aromatic rings. The van der Waals surface area contributed by atoms with Crippen LogP contribution in [0.5, 0.6) is 0 Å². The number of rotatable bonds is 3. The van der Waals surface area contributed by atoms with Crippen molar-refractivity contribution in [2.75, 3.05) is 23.8 Å². The standard InChI is InChI=1S/C13H22N4/c1-9(2)11-6-5-7-17(11)12-10(3)8-15-13(14-4)16-12/h8-9,11H,5-7H2,1-4H3,(H,14,15,16). The number of nitrogens with zero attached hydrogens (tertiary/aromatic N) is 3. The molecular weight excluding hydrogens is 212 g/mol. The molecule has 4 nitrogen and oxygen atoms in total. The second-order valence-corrected chi connectivity index (χ2v) is 5.10. The predicted octanol–water partition coefficient (Wildman–Crippen LogP) is 2.45. The lowest BCUT2D eigenvalue weighted by Crippen LogP contribution is -2.34. The summed E-state index contributed by atoms with van der Waals surface area (Å²) >= 11 is 0. The SMILES string of the molecule is CNc1ncc(C)c(N2CCCC2C(C)C)n1. The molecule has 1 fully saturated rings. The fourth-order valence-corrected chi connectivity index (χ4v) is 2.59. The maximum absolute atomic E-state index is 4.61. The third kappa shape index (κ3) is 2.35. The van der Waals surface area contributed by atoms with Gasteiger partial charge in [0.05, 0.1) is 0 Å².